The summed E-state index contributed by atoms with van der Waals surface area (Å²) in [7, 11) is 0. The molecule has 2 unspecified atom stereocenters. The van der Waals surface area contributed by atoms with Crippen molar-refractivity contribution >= 4 is 11.6 Å². The number of fused-ring (bicyclic) bond motifs is 1. The Labute approximate surface area is 124 Å². The number of hydrogen-bond acceptors (Lipinski definition) is 4. The number of nitrogens with two attached hydrogens (primary N) is 1. The predicted octanol–water partition coefficient (Wildman–Crippen LogP) is 2.45. The maximum Gasteiger partial charge on any atom is 0.179 e. The highest BCUT2D eigenvalue weighted by atomic mass is 35.5. The van der Waals surface area contributed by atoms with Gasteiger partial charge in [0, 0.05) is 6.04 Å². The summed E-state index contributed by atoms with van der Waals surface area (Å²) in [6.45, 7) is 6.14. The van der Waals surface area contributed by atoms with Gasteiger partial charge in [0.2, 0.25) is 0 Å². The third kappa shape index (κ3) is 2.36. The van der Waals surface area contributed by atoms with Crippen LogP contribution in [0.15, 0.2) is 12.1 Å². The van der Waals surface area contributed by atoms with Gasteiger partial charge in [0.25, 0.3) is 0 Å². The van der Waals surface area contributed by atoms with Crippen molar-refractivity contribution in [3.8, 4) is 11.5 Å². The molecule has 0 bridgehead atoms. The molecule has 1 fully saturated rings. The van der Waals surface area contributed by atoms with Crippen LogP contribution in [0.3, 0.4) is 0 Å². The topological polar surface area (TPSA) is 47.7 Å². The molecule has 20 heavy (non-hydrogen) atoms. The maximum atomic E-state index is 6.35. The number of hydrogen-bond donors (Lipinski definition) is 1. The fourth-order valence-electron chi connectivity index (χ4n) is 3.31. The van der Waals surface area contributed by atoms with Gasteiger partial charge in [0.15, 0.2) is 11.5 Å². The molecule has 0 radical (unpaired) electrons. The van der Waals surface area contributed by atoms with Crippen LogP contribution in [0.2, 0.25) is 5.02 Å². The summed E-state index contributed by atoms with van der Waals surface area (Å²) in [6.07, 6.45) is 1.14. The van der Waals surface area contributed by atoms with Crippen molar-refractivity contribution in [2.45, 2.75) is 19.4 Å². The zero-order valence-corrected chi connectivity index (χ0v) is 12.5. The molecule has 1 aromatic rings. The standard InChI is InChI=1S/C15H21ClN2O2/c1-2-18-4-3-10(9-17)14(18)11-7-12(16)15-13(8-11)19-5-6-20-15/h7-8,10,14H,2-6,9,17H2,1H3. The number of likely N-dealkylation sites (tertiary alicyclic amines) is 1. The van der Waals surface area contributed by atoms with Crippen LogP contribution >= 0.6 is 11.6 Å². The summed E-state index contributed by atoms with van der Waals surface area (Å²) in [4.78, 5) is 2.46. The SMILES string of the molecule is CCN1CCC(CN)C1c1cc(Cl)c2c(c1)OCCO2. The minimum atomic E-state index is 0.332. The van der Waals surface area contributed by atoms with E-state index in [9.17, 15) is 0 Å². The quantitative estimate of drug-likeness (QED) is 0.931. The Balaban J connectivity index is 1.98. The molecule has 0 amide bonds. The van der Waals surface area contributed by atoms with Gasteiger partial charge in [-0.2, -0.15) is 0 Å². The Kier molecular flexibility index (Phi) is 4.06. The molecular formula is C15H21ClN2O2. The largest absolute Gasteiger partial charge is 0.486 e. The van der Waals surface area contributed by atoms with Crippen LogP contribution in [-0.2, 0) is 0 Å². The van der Waals surface area contributed by atoms with Gasteiger partial charge in [-0.05, 0) is 49.7 Å². The molecule has 0 aromatic heterocycles. The third-order valence-electron chi connectivity index (χ3n) is 4.30. The summed E-state index contributed by atoms with van der Waals surface area (Å²) < 4.78 is 11.3. The lowest BCUT2D eigenvalue weighted by atomic mass is 9.93. The molecule has 110 valence electrons. The van der Waals surface area contributed by atoms with Crippen LogP contribution < -0.4 is 15.2 Å². The van der Waals surface area contributed by atoms with Gasteiger partial charge in [-0.1, -0.05) is 18.5 Å². The predicted molar refractivity (Wildman–Crippen MR) is 79.6 cm³/mol. The zero-order chi connectivity index (χ0) is 14.1. The molecule has 0 spiro atoms. The summed E-state index contributed by atoms with van der Waals surface area (Å²) in [5.41, 5.74) is 7.13. The molecule has 2 atom stereocenters. The summed E-state index contributed by atoms with van der Waals surface area (Å²) >= 11 is 6.35. The molecule has 1 saturated heterocycles. The van der Waals surface area contributed by atoms with E-state index in [-0.39, 0.29) is 0 Å². The highest BCUT2D eigenvalue weighted by molar-refractivity contribution is 6.32. The first-order valence-electron chi connectivity index (χ1n) is 7.27. The van der Waals surface area contributed by atoms with Crippen molar-refractivity contribution in [2.24, 2.45) is 11.7 Å². The van der Waals surface area contributed by atoms with Gasteiger partial charge in [-0.25, -0.2) is 0 Å². The first-order chi connectivity index (χ1) is 9.74. The van der Waals surface area contributed by atoms with Crippen LogP contribution in [0.1, 0.15) is 24.9 Å². The lowest BCUT2D eigenvalue weighted by molar-refractivity contribution is 0.170. The van der Waals surface area contributed by atoms with E-state index in [1.807, 2.05) is 6.07 Å². The molecule has 2 aliphatic rings. The van der Waals surface area contributed by atoms with Crippen molar-refractivity contribution in [2.75, 3.05) is 32.8 Å². The van der Waals surface area contributed by atoms with E-state index < -0.39 is 0 Å². The summed E-state index contributed by atoms with van der Waals surface area (Å²) in [5, 5.41) is 0.635. The van der Waals surface area contributed by atoms with Gasteiger partial charge in [-0.3, -0.25) is 4.90 Å². The van der Waals surface area contributed by atoms with Crippen LogP contribution in [0.4, 0.5) is 0 Å². The summed E-state index contributed by atoms with van der Waals surface area (Å²) in [5.74, 6) is 1.91. The Morgan fingerprint density at radius 2 is 2.15 bits per heavy atom. The van der Waals surface area contributed by atoms with Crippen molar-refractivity contribution in [3.05, 3.63) is 22.7 Å². The lowest BCUT2D eigenvalue weighted by Gasteiger charge is -2.29. The van der Waals surface area contributed by atoms with Crippen molar-refractivity contribution in [3.63, 3.8) is 0 Å². The number of ether oxygens (including phenoxy) is 2. The molecule has 2 N–H and O–H groups in total. The number of nitrogens with zero attached hydrogens (tertiary/aromatic N) is 1. The first-order valence-corrected chi connectivity index (χ1v) is 7.65. The Hall–Kier alpha value is -0.970. The molecule has 0 saturated carbocycles. The van der Waals surface area contributed by atoms with Crippen molar-refractivity contribution in [1.82, 2.24) is 4.90 Å². The minimum Gasteiger partial charge on any atom is -0.486 e. The van der Waals surface area contributed by atoms with Crippen LogP contribution in [0.25, 0.3) is 0 Å². The van der Waals surface area contributed by atoms with E-state index in [1.54, 1.807) is 0 Å². The van der Waals surface area contributed by atoms with E-state index in [0.717, 1.165) is 25.3 Å². The first kappa shape index (κ1) is 14.0. The highest BCUT2D eigenvalue weighted by Gasteiger charge is 2.34. The molecule has 1 aromatic carbocycles. The molecule has 0 aliphatic carbocycles. The maximum absolute atomic E-state index is 6.35. The Morgan fingerprint density at radius 3 is 2.90 bits per heavy atom. The Bertz CT molecular complexity index is 483. The van der Waals surface area contributed by atoms with Gasteiger partial charge in [0.1, 0.15) is 13.2 Å². The van der Waals surface area contributed by atoms with Crippen LogP contribution in [-0.4, -0.2) is 37.7 Å². The van der Waals surface area contributed by atoms with E-state index in [4.69, 9.17) is 26.8 Å². The van der Waals surface area contributed by atoms with E-state index in [1.165, 1.54) is 5.56 Å². The number of rotatable bonds is 3. The van der Waals surface area contributed by atoms with Gasteiger partial charge in [-0.15, -0.1) is 0 Å². The fraction of sp³-hybridized carbons (Fsp3) is 0.600. The molecule has 4 nitrogen and oxygen atoms in total. The lowest BCUT2D eigenvalue weighted by Crippen LogP contribution is -2.28. The molecular weight excluding hydrogens is 276 g/mol. The highest BCUT2D eigenvalue weighted by Crippen LogP contribution is 2.44. The number of halogens is 1. The number of benzene rings is 1. The van der Waals surface area contributed by atoms with Crippen LogP contribution in [0.5, 0.6) is 11.5 Å². The van der Waals surface area contributed by atoms with Gasteiger partial charge < -0.3 is 15.2 Å². The second kappa shape index (κ2) is 5.80. The minimum absolute atomic E-state index is 0.332. The second-order valence-electron chi connectivity index (χ2n) is 5.38. The normalized spacial score (nSPS) is 25.9. The van der Waals surface area contributed by atoms with Crippen molar-refractivity contribution in [1.29, 1.82) is 0 Å². The molecule has 5 heteroatoms. The fourth-order valence-corrected chi connectivity index (χ4v) is 3.59. The molecule has 2 aliphatic heterocycles. The van der Waals surface area contributed by atoms with Gasteiger partial charge >= 0.3 is 0 Å². The van der Waals surface area contributed by atoms with E-state index in [2.05, 4.69) is 17.9 Å². The Morgan fingerprint density at radius 1 is 1.35 bits per heavy atom. The third-order valence-corrected chi connectivity index (χ3v) is 4.58. The average molecular weight is 297 g/mol. The van der Waals surface area contributed by atoms with Crippen LogP contribution in [0, 0.1) is 5.92 Å². The zero-order valence-electron chi connectivity index (χ0n) is 11.8. The molecule has 3 rings (SSSR count). The van der Waals surface area contributed by atoms with E-state index >= 15 is 0 Å². The smallest absolute Gasteiger partial charge is 0.179 e. The van der Waals surface area contributed by atoms with Crippen molar-refractivity contribution < 1.29 is 9.47 Å². The second-order valence-corrected chi connectivity index (χ2v) is 5.79. The van der Waals surface area contributed by atoms with Gasteiger partial charge in [0.05, 0.1) is 5.02 Å². The summed E-state index contributed by atoms with van der Waals surface area (Å²) in [6, 6.07) is 4.41. The molecule has 2 heterocycles. The van der Waals surface area contributed by atoms with E-state index in [0.29, 0.717) is 42.5 Å². The average Bonchev–Trinajstić information content (AvgIpc) is 2.90. The monoisotopic (exact) mass is 296 g/mol.